The second-order valence-electron chi connectivity index (χ2n) is 8.66. The zero-order valence-electron chi connectivity index (χ0n) is 16.7. The molecule has 1 spiro atoms. The Labute approximate surface area is 161 Å². The lowest BCUT2D eigenvalue weighted by Gasteiger charge is -2.60. The van der Waals surface area contributed by atoms with Gasteiger partial charge < -0.3 is 19.3 Å². The molecule has 1 aromatic rings. The normalized spacial score (nSPS) is 25.1. The molecule has 2 saturated heterocycles. The fourth-order valence-corrected chi connectivity index (χ4v) is 4.00. The average Bonchev–Trinajstić information content (AvgIpc) is 2.63. The number of ether oxygens (including phenoxy) is 2. The quantitative estimate of drug-likeness (QED) is 0.784. The van der Waals surface area contributed by atoms with Crippen molar-refractivity contribution in [1.82, 2.24) is 9.80 Å². The van der Waals surface area contributed by atoms with E-state index in [9.17, 15) is 9.59 Å². The molecule has 0 radical (unpaired) electrons. The molecule has 2 aliphatic heterocycles. The molecular weight excluding hydrogens is 344 g/mol. The molecule has 0 aromatic heterocycles. The number of hydrogen-bond acceptors (Lipinski definition) is 4. The molecule has 0 saturated carbocycles. The summed E-state index contributed by atoms with van der Waals surface area (Å²) in [5.74, 6) is 0.326. The van der Waals surface area contributed by atoms with Crippen molar-refractivity contribution in [3.63, 3.8) is 0 Å². The van der Waals surface area contributed by atoms with Crippen LogP contribution in [0.2, 0.25) is 0 Å². The number of hydrogen-bond donors (Lipinski definition) is 0. The number of amides is 2. The van der Waals surface area contributed by atoms with Crippen LogP contribution in [0.5, 0.6) is 0 Å². The van der Waals surface area contributed by atoms with Crippen molar-refractivity contribution in [1.29, 1.82) is 0 Å². The van der Waals surface area contributed by atoms with Gasteiger partial charge in [0.25, 0.3) is 0 Å². The monoisotopic (exact) mass is 374 g/mol. The number of carbonyl (C=O) groups is 2. The molecule has 3 rings (SSSR count). The summed E-state index contributed by atoms with van der Waals surface area (Å²) >= 11 is 0. The second kappa shape index (κ2) is 7.41. The molecule has 0 aliphatic carbocycles. The van der Waals surface area contributed by atoms with E-state index in [1.165, 1.54) is 0 Å². The Morgan fingerprint density at radius 1 is 1.19 bits per heavy atom. The van der Waals surface area contributed by atoms with Gasteiger partial charge >= 0.3 is 12.2 Å². The molecule has 2 fully saturated rings. The highest BCUT2D eigenvalue weighted by Gasteiger charge is 2.56. The first-order valence-electron chi connectivity index (χ1n) is 9.67. The SMILES string of the molecule is CC1CN(C(=O)OCc2ccccc2)C12CCCN(C(=O)OC(C)(C)C)C2. The van der Waals surface area contributed by atoms with Crippen molar-refractivity contribution in [3.05, 3.63) is 35.9 Å². The fourth-order valence-electron chi connectivity index (χ4n) is 4.00. The van der Waals surface area contributed by atoms with Crippen molar-refractivity contribution >= 4 is 12.2 Å². The standard InChI is InChI=1S/C21H30N2O4/c1-16-13-23(19(25)26-14-17-9-6-5-7-10-17)21(16)11-8-12-22(15-21)18(24)27-20(2,3)4/h5-7,9-10,16H,8,11-15H2,1-4H3. The van der Waals surface area contributed by atoms with Crippen LogP contribution in [0.3, 0.4) is 0 Å². The van der Waals surface area contributed by atoms with Crippen LogP contribution in [0.25, 0.3) is 0 Å². The summed E-state index contributed by atoms with van der Waals surface area (Å²) in [6.07, 6.45) is 1.13. The molecule has 6 nitrogen and oxygen atoms in total. The molecule has 2 aliphatic rings. The Morgan fingerprint density at radius 2 is 1.89 bits per heavy atom. The number of likely N-dealkylation sites (tertiary alicyclic amines) is 2. The first-order chi connectivity index (χ1) is 12.7. The lowest BCUT2D eigenvalue weighted by atomic mass is 9.70. The van der Waals surface area contributed by atoms with E-state index in [1.807, 2.05) is 51.1 Å². The topological polar surface area (TPSA) is 59.1 Å². The maximum atomic E-state index is 12.7. The molecule has 6 heteroatoms. The van der Waals surface area contributed by atoms with Gasteiger partial charge in [-0.05, 0) is 45.1 Å². The third kappa shape index (κ3) is 4.20. The first-order valence-corrected chi connectivity index (χ1v) is 9.67. The maximum absolute atomic E-state index is 12.7. The minimum Gasteiger partial charge on any atom is -0.445 e. The summed E-state index contributed by atoms with van der Waals surface area (Å²) in [5.41, 5.74) is 0.0944. The van der Waals surface area contributed by atoms with Crippen LogP contribution in [0.1, 0.15) is 46.1 Å². The van der Waals surface area contributed by atoms with Gasteiger partial charge in [-0.25, -0.2) is 9.59 Å². The van der Waals surface area contributed by atoms with Gasteiger partial charge in [0.05, 0.1) is 5.54 Å². The highest BCUT2D eigenvalue weighted by atomic mass is 16.6. The number of carbonyl (C=O) groups excluding carboxylic acids is 2. The van der Waals surface area contributed by atoms with Crippen LogP contribution in [-0.4, -0.2) is 52.8 Å². The van der Waals surface area contributed by atoms with E-state index in [0.717, 1.165) is 18.4 Å². The van der Waals surface area contributed by atoms with E-state index in [1.54, 1.807) is 9.80 Å². The zero-order valence-corrected chi connectivity index (χ0v) is 16.7. The highest BCUT2D eigenvalue weighted by Crippen LogP contribution is 2.43. The van der Waals surface area contributed by atoms with Gasteiger partial charge in [0.15, 0.2) is 0 Å². The van der Waals surface area contributed by atoms with Gasteiger partial charge in [-0.1, -0.05) is 37.3 Å². The maximum Gasteiger partial charge on any atom is 0.410 e. The van der Waals surface area contributed by atoms with Crippen LogP contribution in [0.4, 0.5) is 9.59 Å². The van der Waals surface area contributed by atoms with Gasteiger partial charge in [0.2, 0.25) is 0 Å². The van der Waals surface area contributed by atoms with Crippen molar-refractivity contribution in [2.45, 2.75) is 58.3 Å². The molecule has 148 valence electrons. The van der Waals surface area contributed by atoms with Crippen molar-refractivity contribution < 1.29 is 19.1 Å². The Kier molecular flexibility index (Phi) is 5.36. The van der Waals surface area contributed by atoms with E-state index < -0.39 is 5.60 Å². The second-order valence-corrected chi connectivity index (χ2v) is 8.66. The smallest absolute Gasteiger partial charge is 0.410 e. The largest absolute Gasteiger partial charge is 0.445 e. The Balaban J connectivity index is 1.64. The average molecular weight is 374 g/mol. The fraction of sp³-hybridized carbons (Fsp3) is 0.619. The summed E-state index contributed by atoms with van der Waals surface area (Å²) in [4.78, 5) is 28.7. The molecule has 1 aromatic carbocycles. The van der Waals surface area contributed by atoms with Gasteiger partial charge in [-0.15, -0.1) is 0 Å². The molecular formula is C21H30N2O4. The van der Waals surface area contributed by atoms with Crippen molar-refractivity contribution in [2.24, 2.45) is 5.92 Å². The molecule has 2 heterocycles. The summed E-state index contributed by atoms with van der Waals surface area (Å²) in [7, 11) is 0. The molecule has 2 unspecified atom stereocenters. The summed E-state index contributed by atoms with van der Waals surface area (Å²) < 4.78 is 11.1. The third-order valence-electron chi connectivity index (χ3n) is 5.49. The zero-order chi connectivity index (χ0) is 19.7. The molecule has 0 bridgehead atoms. The summed E-state index contributed by atoms with van der Waals surface area (Å²) in [5, 5.41) is 0. The van der Waals surface area contributed by atoms with Gasteiger partial charge in [-0.3, -0.25) is 0 Å². The minimum atomic E-state index is -0.527. The molecule has 0 N–H and O–H groups in total. The van der Waals surface area contributed by atoms with Crippen LogP contribution in [0, 0.1) is 5.92 Å². The van der Waals surface area contributed by atoms with E-state index in [2.05, 4.69) is 6.92 Å². The number of piperidine rings is 1. The van der Waals surface area contributed by atoms with Crippen molar-refractivity contribution in [3.8, 4) is 0 Å². The van der Waals surface area contributed by atoms with Gasteiger partial charge in [-0.2, -0.15) is 0 Å². The van der Waals surface area contributed by atoms with E-state index in [-0.39, 0.29) is 24.3 Å². The molecule has 2 atom stereocenters. The highest BCUT2D eigenvalue weighted by molar-refractivity contribution is 5.72. The number of benzene rings is 1. The van der Waals surface area contributed by atoms with Crippen LogP contribution in [0.15, 0.2) is 30.3 Å². The Bertz CT molecular complexity index is 685. The van der Waals surface area contributed by atoms with Crippen molar-refractivity contribution in [2.75, 3.05) is 19.6 Å². The van der Waals surface area contributed by atoms with E-state index >= 15 is 0 Å². The predicted molar refractivity (Wildman–Crippen MR) is 102 cm³/mol. The Hall–Kier alpha value is -2.24. The van der Waals surface area contributed by atoms with E-state index in [0.29, 0.717) is 25.6 Å². The van der Waals surface area contributed by atoms with Crippen LogP contribution < -0.4 is 0 Å². The minimum absolute atomic E-state index is 0.260. The molecule has 27 heavy (non-hydrogen) atoms. The van der Waals surface area contributed by atoms with Crippen LogP contribution in [-0.2, 0) is 16.1 Å². The van der Waals surface area contributed by atoms with E-state index in [4.69, 9.17) is 9.47 Å². The lowest BCUT2D eigenvalue weighted by Crippen LogP contribution is -2.73. The third-order valence-corrected chi connectivity index (χ3v) is 5.49. The summed E-state index contributed by atoms with van der Waals surface area (Å²) in [6.45, 7) is 9.82. The lowest BCUT2D eigenvalue weighted by molar-refractivity contribution is -0.101. The first kappa shape index (κ1) is 19.5. The number of rotatable bonds is 2. The number of nitrogens with zero attached hydrogens (tertiary/aromatic N) is 2. The predicted octanol–water partition coefficient (Wildman–Crippen LogP) is 4.04. The molecule has 2 amide bonds. The van der Waals surface area contributed by atoms with Gasteiger partial charge in [0.1, 0.15) is 12.2 Å². The van der Waals surface area contributed by atoms with Gasteiger partial charge in [0, 0.05) is 19.6 Å². The van der Waals surface area contributed by atoms with Crippen LogP contribution >= 0.6 is 0 Å². The summed E-state index contributed by atoms with van der Waals surface area (Å²) in [6, 6.07) is 9.66. The Morgan fingerprint density at radius 3 is 2.52 bits per heavy atom.